The van der Waals surface area contributed by atoms with E-state index in [0.29, 0.717) is 17.3 Å². The number of aliphatic carboxylic acids is 1. The predicted molar refractivity (Wildman–Crippen MR) is 78.3 cm³/mol. The molecule has 1 N–H and O–H groups in total. The molecule has 3 nitrogen and oxygen atoms in total. The fourth-order valence-corrected chi connectivity index (χ4v) is 2.98. The molecule has 1 aromatic carbocycles. The van der Waals surface area contributed by atoms with Crippen LogP contribution in [-0.2, 0) is 4.79 Å². The molecule has 1 fully saturated rings. The molecule has 1 aliphatic rings. The van der Waals surface area contributed by atoms with Crippen molar-refractivity contribution in [1.29, 1.82) is 0 Å². The van der Waals surface area contributed by atoms with Gasteiger partial charge in [-0.15, -0.1) is 0 Å². The number of rotatable bonds is 4. The molecule has 1 aromatic rings. The lowest BCUT2D eigenvalue weighted by atomic mass is 10.1. The molecule has 0 radical (unpaired) electrons. The van der Waals surface area contributed by atoms with E-state index >= 15 is 0 Å². The van der Waals surface area contributed by atoms with Crippen LogP contribution in [0.4, 0.5) is 10.1 Å². The Morgan fingerprint density at radius 1 is 1.50 bits per heavy atom. The Kier molecular flexibility index (Phi) is 4.42. The van der Waals surface area contributed by atoms with E-state index < -0.39 is 5.97 Å². The molecule has 0 spiro atoms. The number of nitrogens with zero attached hydrogens (tertiary/aromatic N) is 1. The first-order valence-corrected chi connectivity index (χ1v) is 7.02. The lowest BCUT2D eigenvalue weighted by molar-refractivity contribution is -0.131. The molecule has 2 atom stereocenters. The summed E-state index contributed by atoms with van der Waals surface area (Å²) in [5.41, 5.74) is 1.15. The molecule has 0 saturated carbocycles. The van der Waals surface area contributed by atoms with E-state index in [1.165, 1.54) is 12.1 Å². The molecule has 0 bridgehead atoms. The summed E-state index contributed by atoms with van der Waals surface area (Å²) in [6.07, 6.45) is 5.57. The highest BCUT2D eigenvalue weighted by Gasteiger charge is 2.32. The highest BCUT2D eigenvalue weighted by molar-refractivity contribution is 5.87. The first kappa shape index (κ1) is 14.6. The van der Waals surface area contributed by atoms with E-state index in [0.717, 1.165) is 25.3 Å². The van der Waals surface area contributed by atoms with Crippen LogP contribution in [0.25, 0.3) is 6.08 Å². The molecule has 2 rings (SSSR count). The molecule has 1 saturated heterocycles. The number of hydrogen-bond acceptors (Lipinski definition) is 2. The van der Waals surface area contributed by atoms with Crippen LogP contribution >= 0.6 is 0 Å². The Balaban J connectivity index is 2.46. The van der Waals surface area contributed by atoms with Crippen LogP contribution in [0.1, 0.15) is 38.7 Å². The van der Waals surface area contributed by atoms with Crippen LogP contribution in [0.15, 0.2) is 24.3 Å². The number of para-hydroxylation sites is 1. The van der Waals surface area contributed by atoms with E-state index in [1.54, 1.807) is 12.1 Å². The lowest BCUT2D eigenvalue weighted by Crippen LogP contribution is -2.35. The standard InChI is InChI=1S/C16H20FNO2/c1-3-13-9-7-11(2)18(13)16-12(8-10-15(19)20)5-4-6-14(16)17/h4-6,8,10-11,13H,3,7,9H2,1-2H3,(H,19,20)/b10-8+. The average Bonchev–Trinajstić information content (AvgIpc) is 2.77. The quantitative estimate of drug-likeness (QED) is 0.853. The highest BCUT2D eigenvalue weighted by Crippen LogP contribution is 2.36. The SMILES string of the molecule is CCC1CCC(C)N1c1c(F)cccc1/C=C/C(=O)O. The van der Waals surface area contributed by atoms with Gasteiger partial charge in [-0.1, -0.05) is 19.1 Å². The minimum atomic E-state index is -1.03. The van der Waals surface area contributed by atoms with Crippen LogP contribution in [0, 0.1) is 5.82 Å². The largest absolute Gasteiger partial charge is 0.478 e. The van der Waals surface area contributed by atoms with Crippen LogP contribution in [0.3, 0.4) is 0 Å². The second-order valence-electron chi connectivity index (χ2n) is 5.24. The van der Waals surface area contributed by atoms with Gasteiger partial charge in [0.15, 0.2) is 0 Å². The number of halogens is 1. The molecular weight excluding hydrogens is 257 g/mol. The van der Waals surface area contributed by atoms with Crippen molar-refractivity contribution in [3.63, 3.8) is 0 Å². The molecular formula is C16H20FNO2. The van der Waals surface area contributed by atoms with Crippen molar-refractivity contribution in [1.82, 2.24) is 0 Å². The molecule has 1 aliphatic heterocycles. The Morgan fingerprint density at radius 2 is 2.25 bits per heavy atom. The Bertz CT molecular complexity index is 527. The topological polar surface area (TPSA) is 40.5 Å². The third-order valence-electron chi connectivity index (χ3n) is 3.94. The number of carboxylic acids is 1. The zero-order valence-electron chi connectivity index (χ0n) is 11.8. The van der Waals surface area contributed by atoms with Crippen molar-refractivity contribution >= 4 is 17.7 Å². The number of hydrogen-bond donors (Lipinski definition) is 1. The zero-order chi connectivity index (χ0) is 14.7. The summed E-state index contributed by atoms with van der Waals surface area (Å²) in [6, 6.07) is 5.40. The molecule has 0 aliphatic carbocycles. The van der Waals surface area contributed by atoms with Gasteiger partial charge in [0, 0.05) is 23.7 Å². The van der Waals surface area contributed by atoms with Gasteiger partial charge in [0.25, 0.3) is 0 Å². The van der Waals surface area contributed by atoms with Crippen LogP contribution < -0.4 is 4.90 Å². The van der Waals surface area contributed by atoms with Gasteiger partial charge >= 0.3 is 5.97 Å². The average molecular weight is 277 g/mol. The van der Waals surface area contributed by atoms with Crippen molar-refractivity contribution in [2.45, 2.75) is 45.2 Å². The first-order chi connectivity index (χ1) is 9.54. The fraction of sp³-hybridized carbons (Fsp3) is 0.438. The summed E-state index contributed by atoms with van der Waals surface area (Å²) in [6.45, 7) is 4.19. The van der Waals surface area contributed by atoms with Crippen molar-refractivity contribution in [3.05, 3.63) is 35.7 Å². The number of carbonyl (C=O) groups is 1. The minimum Gasteiger partial charge on any atom is -0.478 e. The molecule has 108 valence electrons. The molecule has 2 unspecified atom stereocenters. The summed E-state index contributed by atoms with van der Waals surface area (Å²) in [4.78, 5) is 12.8. The van der Waals surface area contributed by atoms with Crippen molar-refractivity contribution in [2.24, 2.45) is 0 Å². The maximum Gasteiger partial charge on any atom is 0.328 e. The van der Waals surface area contributed by atoms with Crippen LogP contribution in [0.5, 0.6) is 0 Å². The van der Waals surface area contributed by atoms with E-state index in [4.69, 9.17) is 5.11 Å². The normalized spacial score (nSPS) is 22.6. The second kappa shape index (κ2) is 6.07. The van der Waals surface area contributed by atoms with Crippen molar-refractivity contribution in [2.75, 3.05) is 4.90 Å². The monoisotopic (exact) mass is 277 g/mol. The summed E-state index contributed by atoms with van der Waals surface area (Å²) in [5, 5.41) is 8.76. The zero-order valence-corrected chi connectivity index (χ0v) is 11.8. The lowest BCUT2D eigenvalue weighted by Gasteiger charge is -2.32. The van der Waals surface area contributed by atoms with E-state index in [2.05, 4.69) is 18.7 Å². The predicted octanol–water partition coefficient (Wildman–Crippen LogP) is 3.69. The summed E-state index contributed by atoms with van der Waals surface area (Å²) in [7, 11) is 0. The highest BCUT2D eigenvalue weighted by atomic mass is 19.1. The Labute approximate surface area is 118 Å². The van der Waals surface area contributed by atoms with Gasteiger partial charge < -0.3 is 10.0 Å². The van der Waals surface area contributed by atoms with Crippen molar-refractivity contribution < 1.29 is 14.3 Å². The van der Waals surface area contributed by atoms with Gasteiger partial charge in [-0.2, -0.15) is 0 Å². The maximum absolute atomic E-state index is 14.3. The maximum atomic E-state index is 14.3. The second-order valence-corrected chi connectivity index (χ2v) is 5.24. The number of anilines is 1. The Morgan fingerprint density at radius 3 is 2.90 bits per heavy atom. The van der Waals surface area contributed by atoms with Crippen LogP contribution in [-0.4, -0.2) is 23.2 Å². The molecule has 0 amide bonds. The summed E-state index contributed by atoms with van der Waals surface area (Å²) >= 11 is 0. The van der Waals surface area contributed by atoms with Gasteiger partial charge in [-0.25, -0.2) is 9.18 Å². The molecule has 0 aromatic heterocycles. The summed E-state index contributed by atoms with van der Waals surface area (Å²) in [5.74, 6) is -1.31. The van der Waals surface area contributed by atoms with Crippen molar-refractivity contribution in [3.8, 4) is 0 Å². The summed E-state index contributed by atoms with van der Waals surface area (Å²) < 4.78 is 14.3. The van der Waals surface area contributed by atoms with E-state index in [9.17, 15) is 9.18 Å². The fourth-order valence-electron chi connectivity index (χ4n) is 2.98. The van der Waals surface area contributed by atoms with Gasteiger partial charge in [0.1, 0.15) is 5.82 Å². The van der Waals surface area contributed by atoms with E-state index in [-0.39, 0.29) is 11.9 Å². The minimum absolute atomic E-state index is 0.272. The number of carboxylic acid groups (broad SMARTS) is 1. The van der Waals surface area contributed by atoms with Crippen LogP contribution in [0.2, 0.25) is 0 Å². The van der Waals surface area contributed by atoms with E-state index in [1.807, 2.05) is 0 Å². The molecule has 20 heavy (non-hydrogen) atoms. The molecule has 1 heterocycles. The Hall–Kier alpha value is -1.84. The van der Waals surface area contributed by atoms with Gasteiger partial charge in [0.2, 0.25) is 0 Å². The third kappa shape index (κ3) is 2.84. The number of benzene rings is 1. The third-order valence-corrected chi connectivity index (χ3v) is 3.94. The van der Waals surface area contributed by atoms with Gasteiger partial charge in [0.05, 0.1) is 5.69 Å². The molecule has 4 heteroatoms. The first-order valence-electron chi connectivity index (χ1n) is 7.02. The van der Waals surface area contributed by atoms with Gasteiger partial charge in [-0.3, -0.25) is 0 Å². The van der Waals surface area contributed by atoms with Gasteiger partial charge in [-0.05, 0) is 38.3 Å². The smallest absolute Gasteiger partial charge is 0.328 e.